The van der Waals surface area contributed by atoms with E-state index in [-0.39, 0.29) is 24.9 Å². The molecule has 0 aromatic heterocycles. The highest BCUT2D eigenvalue weighted by atomic mass is 16.8. The van der Waals surface area contributed by atoms with Gasteiger partial charge in [-0.25, -0.2) is 0 Å². The van der Waals surface area contributed by atoms with Crippen molar-refractivity contribution in [1.29, 1.82) is 0 Å². The summed E-state index contributed by atoms with van der Waals surface area (Å²) in [6.45, 7) is 3.53. The van der Waals surface area contributed by atoms with Crippen molar-refractivity contribution in [1.82, 2.24) is 0 Å². The minimum Gasteiger partial charge on any atom is -0.394 e. The molecule has 3 N–H and O–H groups in total. The van der Waals surface area contributed by atoms with Crippen LogP contribution in [0.1, 0.15) is 13.8 Å². The Labute approximate surface area is 76.8 Å². The molecule has 5 nitrogen and oxygen atoms in total. The number of aliphatic hydroxyl groups excluding tert-OH is 1. The van der Waals surface area contributed by atoms with Crippen molar-refractivity contribution in [2.75, 3.05) is 6.61 Å². The Morgan fingerprint density at radius 1 is 1.38 bits per heavy atom. The maximum absolute atomic E-state index is 8.91. The first-order chi connectivity index (χ1) is 6.03. The molecule has 2 aliphatic heterocycles. The highest BCUT2D eigenvalue weighted by Gasteiger charge is 2.53. The second kappa shape index (κ2) is 2.90. The number of ether oxygens (including phenoxy) is 3. The lowest BCUT2D eigenvalue weighted by molar-refractivity contribution is -0.209. The van der Waals surface area contributed by atoms with Gasteiger partial charge in [-0.1, -0.05) is 0 Å². The van der Waals surface area contributed by atoms with Gasteiger partial charge in [0.25, 0.3) is 0 Å². The number of hydrogen-bond acceptors (Lipinski definition) is 5. The zero-order valence-corrected chi connectivity index (χ0v) is 7.77. The summed E-state index contributed by atoms with van der Waals surface area (Å²) in [5.74, 6) is -0.632. The molecule has 0 unspecified atom stereocenters. The molecule has 0 aliphatic carbocycles. The fraction of sp³-hybridized carbons (Fsp3) is 1.00. The van der Waals surface area contributed by atoms with Gasteiger partial charge in [-0.3, -0.25) is 0 Å². The van der Waals surface area contributed by atoms with Crippen molar-refractivity contribution < 1.29 is 19.3 Å². The molecular weight excluding hydrogens is 174 g/mol. The fourth-order valence-corrected chi connectivity index (χ4v) is 1.76. The Morgan fingerprint density at radius 2 is 2.08 bits per heavy atom. The first-order valence-electron chi connectivity index (χ1n) is 4.41. The normalized spacial score (nSPS) is 48.0. The summed E-state index contributed by atoms with van der Waals surface area (Å²) in [5, 5.41) is 8.91. The summed E-state index contributed by atoms with van der Waals surface area (Å²) in [4.78, 5) is 0. The van der Waals surface area contributed by atoms with Crippen LogP contribution in [0, 0.1) is 0 Å². The fourth-order valence-electron chi connectivity index (χ4n) is 1.76. The topological polar surface area (TPSA) is 73.9 Å². The lowest BCUT2D eigenvalue weighted by atomic mass is 10.1. The van der Waals surface area contributed by atoms with Crippen molar-refractivity contribution in [3.63, 3.8) is 0 Å². The van der Waals surface area contributed by atoms with Crippen LogP contribution in [-0.2, 0) is 14.2 Å². The highest BCUT2D eigenvalue weighted by molar-refractivity contribution is 4.95. The molecule has 2 heterocycles. The average molecular weight is 189 g/mol. The van der Waals surface area contributed by atoms with Gasteiger partial charge in [0, 0.05) is 0 Å². The summed E-state index contributed by atoms with van der Waals surface area (Å²) in [6, 6.07) is -0.309. The predicted octanol–water partition coefficient (Wildman–Crippen LogP) is -0.818. The third kappa shape index (κ3) is 1.47. The van der Waals surface area contributed by atoms with Crippen molar-refractivity contribution in [3.05, 3.63) is 0 Å². The highest BCUT2D eigenvalue weighted by Crippen LogP contribution is 2.36. The van der Waals surface area contributed by atoms with Crippen LogP contribution in [0.4, 0.5) is 0 Å². The molecule has 0 aromatic carbocycles. The molecule has 0 aromatic rings. The number of hydrogen-bond donors (Lipinski definition) is 2. The Balaban J connectivity index is 2.07. The lowest BCUT2D eigenvalue weighted by Gasteiger charge is -2.22. The quantitative estimate of drug-likeness (QED) is 0.564. The Morgan fingerprint density at radius 3 is 2.62 bits per heavy atom. The van der Waals surface area contributed by atoms with Crippen LogP contribution in [0.2, 0.25) is 0 Å². The van der Waals surface area contributed by atoms with Gasteiger partial charge in [0.2, 0.25) is 0 Å². The second-order valence-electron chi connectivity index (χ2n) is 3.90. The largest absolute Gasteiger partial charge is 0.394 e. The molecule has 13 heavy (non-hydrogen) atoms. The van der Waals surface area contributed by atoms with Crippen LogP contribution >= 0.6 is 0 Å². The van der Waals surface area contributed by atoms with E-state index in [9.17, 15) is 0 Å². The minimum atomic E-state index is -0.632. The van der Waals surface area contributed by atoms with E-state index in [2.05, 4.69) is 0 Å². The van der Waals surface area contributed by atoms with E-state index in [1.165, 1.54) is 0 Å². The van der Waals surface area contributed by atoms with E-state index in [1.54, 1.807) is 0 Å². The standard InChI is InChI=1S/C8H15NO4/c1-8(2)12-6-5(9)4(3-10)11-7(6)13-8/h4-7,10H,3,9H2,1-2H3/t4-,5-,6-,7+/m1/s1. The second-order valence-corrected chi connectivity index (χ2v) is 3.90. The van der Waals surface area contributed by atoms with Crippen molar-refractivity contribution in [2.45, 2.75) is 44.2 Å². The van der Waals surface area contributed by atoms with Gasteiger partial charge in [-0.15, -0.1) is 0 Å². The summed E-state index contributed by atoms with van der Waals surface area (Å²) in [5.41, 5.74) is 5.81. The molecule has 2 fully saturated rings. The molecule has 0 bridgehead atoms. The lowest BCUT2D eigenvalue weighted by Crippen LogP contribution is -2.42. The van der Waals surface area contributed by atoms with Gasteiger partial charge >= 0.3 is 0 Å². The van der Waals surface area contributed by atoms with Crippen molar-refractivity contribution in [3.8, 4) is 0 Å². The number of fused-ring (bicyclic) bond motifs is 1. The van der Waals surface area contributed by atoms with E-state index in [0.717, 1.165) is 0 Å². The Bertz CT molecular complexity index is 208. The van der Waals surface area contributed by atoms with E-state index < -0.39 is 12.1 Å². The van der Waals surface area contributed by atoms with Crippen LogP contribution in [0.3, 0.4) is 0 Å². The molecule has 0 amide bonds. The molecule has 5 heteroatoms. The van der Waals surface area contributed by atoms with Crippen LogP contribution in [0.25, 0.3) is 0 Å². The number of rotatable bonds is 1. The molecule has 2 rings (SSSR count). The smallest absolute Gasteiger partial charge is 0.189 e. The van der Waals surface area contributed by atoms with E-state index in [1.807, 2.05) is 13.8 Å². The van der Waals surface area contributed by atoms with Gasteiger partial charge in [0.05, 0.1) is 12.6 Å². The molecule has 2 saturated heterocycles. The van der Waals surface area contributed by atoms with Crippen molar-refractivity contribution in [2.24, 2.45) is 5.73 Å². The predicted molar refractivity (Wildman–Crippen MR) is 43.8 cm³/mol. The Hall–Kier alpha value is -0.200. The van der Waals surface area contributed by atoms with E-state index >= 15 is 0 Å². The van der Waals surface area contributed by atoms with Crippen molar-refractivity contribution >= 4 is 0 Å². The first-order valence-corrected chi connectivity index (χ1v) is 4.41. The SMILES string of the molecule is CC1(C)O[C@@H]2O[C@H](CO)[C@@H](N)[C@H]2O1. The summed E-state index contributed by atoms with van der Waals surface area (Å²) >= 11 is 0. The van der Waals surface area contributed by atoms with Crippen LogP contribution in [0.15, 0.2) is 0 Å². The summed E-state index contributed by atoms with van der Waals surface area (Å²) in [7, 11) is 0. The molecule has 76 valence electrons. The number of nitrogens with two attached hydrogens (primary N) is 1. The Kier molecular flexibility index (Phi) is 2.08. The third-order valence-electron chi connectivity index (χ3n) is 2.39. The maximum atomic E-state index is 8.91. The third-order valence-corrected chi connectivity index (χ3v) is 2.39. The van der Waals surface area contributed by atoms with E-state index in [0.29, 0.717) is 0 Å². The molecule has 0 radical (unpaired) electrons. The molecular formula is C8H15NO4. The molecule has 0 spiro atoms. The first kappa shape index (κ1) is 9.36. The monoisotopic (exact) mass is 189 g/mol. The summed E-state index contributed by atoms with van der Waals surface area (Å²) < 4.78 is 16.3. The summed E-state index contributed by atoms with van der Waals surface area (Å²) in [6.07, 6.45) is -1.06. The van der Waals surface area contributed by atoms with Gasteiger partial charge in [0.1, 0.15) is 12.2 Å². The minimum absolute atomic E-state index is 0.0959. The van der Waals surface area contributed by atoms with E-state index in [4.69, 9.17) is 25.1 Å². The molecule has 0 saturated carbocycles. The van der Waals surface area contributed by atoms with Gasteiger partial charge in [0.15, 0.2) is 12.1 Å². The van der Waals surface area contributed by atoms with Gasteiger partial charge < -0.3 is 25.1 Å². The molecule has 2 aliphatic rings. The van der Waals surface area contributed by atoms with Crippen LogP contribution in [-0.4, -0.2) is 42.0 Å². The zero-order chi connectivity index (χ0) is 9.64. The average Bonchev–Trinajstić information content (AvgIpc) is 2.47. The maximum Gasteiger partial charge on any atom is 0.189 e. The number of aliphatic hydroxyl groups is 1. The molecule has 4 atom stereocenters. The van der Waals surface area contributed by atoms with Gasteiger partial charge in [-0.2, -0.15) is 0 Å². The zero-order valence-electron chi connectivity index (χ0n) is 7.77. The van der Waals surface area contributed by atoms with Gasteiger partial charge in [-0.05, 0) is 13.8 Å². The van der Waals surface area contributed by atoms with Crippen LogP contribution < -0.4 is 5.73 Å². The van der Waals surface area contributed by atoms with Crippen LogP contribution in [0.5, 0.6) is 0 Å².